The molecule has 0 aliphatic carbocycles. The molecule has 0 aromatic carbocycles. The number of alkyl halides is 1. The zero-order valence-corrected chi connectivity index (χ0v) is 6.69. The Labute approximate surface area is 65.2 Å². The highest BCUT2D eigenvalue weighted by molar-refractivity contribution is 6.16. The lowest BCUT2D eigenvalue weighted by Crippen LogP contribution is -1.75. The highest BCUT2D eigenvalue weighted by Gasteiger charge is 2.00. The van der Waals surface area contributed by atoms with Gasteiger partial charge in [0.2, 0.25) is 0 Å². The fourth-order valence-electron chi connectivity index (χ4n) is 0.783. The van der Waals surface area contributed by atoms with Gasteiger partial charge in [0.15, 0.2) is 0 Å². The van der Waals surface area contributed by atoms with Crippen LogP contribution in [0, 0.1) is 0 Å². The van der Waals surface area contributed by atoms with Crippen molar-refractivity contribution in [2.24, 2.45) is 0 Å². The van der Waals surface area contributed by atoms with Crippen LogP contribution in [0.15, 0.2) is 10.6 Å². The van der Waals surface area contributed by atoms with Gasteiger partial charge in [0.25, 0.3) is 0 Å². The zero-order valence-electron chi connectivity index (χ0n) is 5.93. The molecule has 0 N–H and O–H groups in total. The maximum atomic E-state index is 5.52. The van der Waals surface area contributed by atoms with Crippen molar-refractivity contribution in [1.82, 2.24) is 5.16 Å². The number of halogens is 1. The predicted molar refractivity (Wildman–Crippen MR) is 40.1 cm³/mol. The molecule has 0 spiro atoms. The summed E-state index contributed by atoms with van der Waals surface area (Å²) in [5.41, 5.74) is 0.824. The fraction of sp³-hybridized carbons (Fsp3) is 0.571. The van der Waals surface area contributed by atoms with Crippen LogP contribution < -0.4 is 0 Å². The van der Waals surface area contributed by atoms with E-state index in [1.54, 1.807) is 0 Å². The van der Waals surface area contributed by atoms with Crippen molar-refractivity contribution in [2.45, 2.75) is 25.6 Å². The van der Waals surface area contributed by atoms with Crippen LogP contribution in [0.2, 0.25) is 0 Å². The summed E-state index contributed by atoms with van der Waals surface area (Å²) in [6.07, 6.45) is 2.03. The predicted octanol–water partition coefficient (Wildman–Crippen LogP) is 2.37. The molecule has 0 unspecified atom stereocenters. The summed E-state index contributed by atoms with van der Waals surface area (Å²) in [6.45, 7) is 2.10. The average Bonchev–Trinajstić information content (AvgIpc) is 2.37. The number of nitrogens with zero attached hydrogens (tertiary/aromatic N) is 1. The van der Waals surface area contributed by atoms with Crippen LogP contribution in [-0.4, -0.2) is 5.16 Å². The second-order valence-electron chi connectivity index (χ2n) is 2.17. The molecule has 1 aromatic rings. The van der Waals surface area contributed by atoms with Gasteiger partial charge in [0, 0.05) is 12.5 Å². The Bertz CT molecular complexity index is 197. The molecule has 0 amide bonds. The maximum Gasteiger partial charge on any atom is 0.137 e. The Kier molecular flexibility index (Phi) is 2.75. The molecule has 0 aliphatic rings. The molecular weight excluding hydrogens is 150 g/mol. The highest BCUT2D eigenvalue weighted by Crippen LogP contribution is 2.07. The molecule has 0 aliphatic heterocycles. The SMILES string of the molecule is CCCc1cc(CCl)no1. The summed E-state index contributed by atoms with van der Waals surface area (Å²) in [5.74, 6) is 1.37. The minimum atomic E-state index is 0.438. The van der Waals surface area contributed by atoms with Crippen molar-refractivity contribution in [3.63, 3.8) is 0 Å². The minimum Gasteiger partial charge on any atom is -0.361 e. The van der Waals surface area contributed by atoms with Crippen LogP contribution >= 0.6 is 11.6 Å². The topological polar surface area (TPSA) is 26.0 Å². The smallest absolute Gasteiger partial charge is 0.137 e. The number of hydrogen-bond acceptors (Lipinski definition) is 2. The van der Waals surface area contributed by atoms with Crippen LogP contribution in [-0.2, 0) is 12.3 Å². The van der Waals surface area contributed by atoms with E-state index in [9.17, 15) is 0 Å². The van der Waals surface area contributed by atoms with Gasteiger partial charge in [-0.15, -0.1) is 11.6 Å². The Morgan fingerprint density at radius 1 is 1.70 bits per heavy atom. The van der Waals surface area contributed by atoms with Gasteiger partial charge in [-0.2, -0.15) is 0 Å². The molecule has 3 heteroatoms. The molecule has 0 bridgehead atoms. The van der Waals surface area contributed by atoms with Crippen molar-refractivity contribution in [2.75, 3.05) is 0 Å². The molecule has 0 atom stereocenters. The largest absolute Gasteiger partial charge is 0.361 e. The van der Waals surface area contributed by atoms with E-state index in [0.717, 1.165) is 24.3 Å². The van der Waals surface area contributed by atoms with Crippen molar-refractivity contribution < 1.29 is 4.52 Å². The fourth-order valence-corrected chi connectivity index (χ4v) is 0.909. The summed E-state index contributed by atoms with van der Waals surface area (Å²) in [6, 6.07) is 1.90. The van der Waals surface area contributed by atoms with Crippen LogP contribution in [0.5, 0.6) is 0 Å². The lowest BCUT2D eigenvalue weighted by Gasteiger charge is -1.83. The lowest BCUT2D eigenvalue weighted by atomic mass is 10.2. The van der Waals surface area contributed by atoms with E-state index in [-0.39, 0.29) is 0 Å². The molecule has 56 valence electrons. The first-order valence-electron chi connectivity index (χ1n) is 3.37. The second kappa shape index (κ2) is 3.62. The number of aryl methyl sites for hydroxylation is 1. The molecular formula is C7H10ClNO. The van der Waals surface area contributed by atoms with Crippen LogP contribution in [0.4, 0.5) is 0 Å². The van der Waals surface area contributed by atoms with Crippen molar-refractivity contribution in [1.29, 1.82) is 0 Å². The average molecular weight is 160 g/mol. The molecule has 10 heavy (non-hydrogen) atoms. The molecule has 0 saturated heterocycles. The van der Waals surface area contributed by atoms with Crippen molar-refractivity contribution in [3.05, 3.63) is 17.5 Å². The van der Waals surface area contributed by atoms with E-state index >= 15 is 0 Å². The van der Waals surface area contributed by atoms with Gasteiger partial charge in [0.1, 0.15) is 5.76 Å². The minimum absolute atomic E-state index is 0.438. The lowest BCUT2D eigenvalue weighted by molar-refractivity contribution is 0.378. The normalized spacial score (nSPS) is 10.2. The third-order valence-electron chi connectivity index (χ3n) is 1.24. The molecule has 0 saturated carbocycles. The molecule has 0 fully saturated rings. The first-order valence-corrected chi connectivity index (χ1v) is 3.90. The number of hydrogen-bond donors (Lipinski definition) is 0. The zero-order chi connectivity index (χ0) is 7.40. The van der Waals surface area contributed by atoms with Gasteiger partial charge in [-0.25, -0.2) is 0 Å². The van der Waals surface area contributed by atoms with E-state index in [2.05, 4.69) is 12.1 Å². The third-order valence-corrected chi connectivity index (χ3v) is 1.51. The van der Waals surface area contributed by atoms with Gasteiger partial charge in [0.05, 0.1) is 11.6 Å². The first kappa shape index (κ1) is 7.61. The summed E-state index contributed by atoms with van der Waals surface area (Å²) in [7, 11) is 0. The van der Waals surface area contributed by atoms with E-state index in [4.69, 9.17) is 16.1 Å². The Morgan fingerprint density at radius 2 is 2.50 bits per heavy atom. The first-order chi connectivity index (χ1) is 4.86. The molecule has 1 heterocycles. The van der Waals surface area contributed by atoms with E-state index in [1.165, 1.54) is 0 Å². The van der Waals surface area contributed by atoms with Gasteiger partial charge in [-0.05, 0) is 6.42 Å². The highest BCUT2D eigenvalue weighted by atomic mass is 35.5. The summed E-state index contributed by atoms with van der Waals surface area (Å²) in [4.78, 5) is 0. The van der Waals surface area contributed by atoms with Crippen LogP contribution in [0.3, 0.4) is 0 Å². The van der Waals surface area contributed by atoms with E-state index in [1.807, 2.05) is 6.07 Å². The van der Waals surface area contributed by atoms with Gasteiger partial charge >= 0.3 is 0 Å². The number of aromatic nitrogens is 1. The van der Waals surface area contributed by atoms with E-state index in [0.29, 0.717) is 5.88 Å². The van der Waals surface area contributed by atoms with Crippen molar-refractivity contribution in [3.8, 4) is 0 Å². The Hall–Kier alpha value is -0.500. The van der Waals surface area contributed by atoms with Crippen LogP contribution in [0.25, 0.3) is 0 Å². The van der Waals surface area contributed by atoms with Gasteiger partial charge in [-0.1, -0.05) is 12.1 Å². The standard InChI is InChI=1S/C7H10ClNO/c1-2-3-7-4-6(5-8)9-10-7/h4H,2-3,5H2,1H3. The molecule has 1 aromatic heterocycles. The monoisotopic (exact) mass is 159 g/mol. The molecule has 2 nitrogen and oxygen atoms in total. The van der Waals surface area contributed by atoms with Gasteiger partial charge < -0.3 is 4.52 Å². The maximum absolute atomic E-state index is 5.52. The summed E-state index contributed by atoms with van der Waals surface area (Å²) < 4.78 is 4.96. The summed E-state index contributed by atoms with van der Waals surface area (Å²) >= 11 is 5.52. The van der Waals surface area contributed by atoms with Crippen molar-refractivity contribution >= 4 is 11.6 Å². The Morgan fingerprint density at radius 3 is 3.00 bits per heavy atom. The quantitative estimate of drug-likeness (QED) is 0.633. The molecule has 0 radical (unpaired) electrons. The number of rotatable bonds is 3. The van der Waals surface area contributed by atoms with Gasteiger partial charge in [-0.3, -0.25) is 0 Å². The summed E-state index contributed by atoms with van der Waals surface area (Å²) in [5, 5.41) is 3.75. The molecule has 1 rings (SSSR count). The van der Waals surface area contributed by atoms with E-state index < -0.39 is 0 Å². The van der Waals surface area contributed by atoms with Crippen LogP contribution in [0.1, 0.15) is 24.8 Å². The third kappa shape index (κ3) is 1.74. The Balaban J connectivity index is 2.59. The second-order valence-corrected chi connectivity index (χ2v) is 2.44.